The summed E-state index contributed by atoms with van der Waals surface area (Å²) >= 11 is 3.29. The van der Waals surface area contributed by atoms with Crippen LogP contribution in [0.25, 0.3) is 0 Å². The number of methoxy groups -OCH3 is 2. The first-order chi connectivity index (χ1) is 10.0. The van der Waals surface area contributed by atoms with Crippen molar-refractivity contribution in [1.29, 1.82) is 0 Å². The van der Waals surface area contributed by atoms with Gasteiger partial charge in [-0.25, -0.2) is 0 Å². The van der Waals surface area contributed by atoms with Crippen molar-refractivity contribution in [3.05, 3.63) is 33.9 Å². The molecule has 0 aromatic heterocycles. The van der Waals surface area contributed by atoms with E-state index in [0.29, 0.717) is 30.6 Å². The molecule has 0 N–H and O–H groups in total. The Hall–Kier alpha value is -1.67. The van der Waals surface area contributed by atoms with Crippen LogP contribution in [-0.4, -0.2) is 55.0 Å². The van der Waals surface area contributed by atoms with Gasteiger partial charge in [-0.05, 0) is 6.07 Å². The van der Waals surface area contributed by atoms with Crippen LogP contribution in [0.4, 0.5) is 5.69 Å². The number of nitro groups is 1. The van der Waals surface area contributed by atoms with Gasteiger partial charge >= 0.3 is 5.69 Å². The zero-order chi connectivity index (χ0) is 15.8. The van der Waals surface area contributed by atoms with Gasteiger partial charge in [-0.15, -0.1) is 0 Å². The highest BCUT2D eigenvalue weighted by Crippen LogP contribution is 2.28. The molecular formula is C13H17BrN2O5. The maximum atomic E-state index is 12.4. The minimum atomic E-state index is -0.547. The van der Waals surface area contributed by atoms with Gasteiger partial charge in [0.15, 0.2) is 5.75 Å². The van der Waals surface area contributed by atoms with E-state index < -0.39 is 4.92 Å². The molecule has 116 valence electrons. The van der Waals surface area contributed by atoms with Crippen LogP contribution in [0.2, 0.25) is 0 Å². The van der Waals surface area contributed by atoms with Gasteiger partial charge in [0.05, 0.1) is 18.6 Å². The van der Waals surface area contributed by atoms with Crippen molar-refractivity contribution < 1.29 is 19.2 Å². The van der Waals surface area contributed by atoms with Gasteiger partial charge in [0.2, 0.25) is 0 Å². The molecule has 0 atom stereocenters. The number of benzene rings is 1. The Bertz CT molecular complexity index is 509. The quantitative estimate of drug-likeness (QED) is 0.402. The molecule has 1 aromatic rings. The first-order valence-electron chi connectivity index (χ1n) is 6.21. The molecule has 8 heteroatoms. The van der Waals surface area contributed by atoms with Crippen LogP contribution in [0.3, 0.4) is 0 Å². The number of hydrogen-bond donors (Lipinski definition) is 0. The van der Waals surface area contributed by atoms with E-state index in [0.717, 1.165) is 0 Å². The third-order valence-electron chi connectivity index (χ3n) is 2.83. The summed E-state index contributed by atoms with van der Waals surface area (Å²) in [5.41, 5.74) is 0.174. The minimum absolute atomic E-state index is 0.0661. The molecule has 0 spiro atoms. The molecule has 0 saturated heterocycles. The Morgan fingerprint density at radius 3 is 2.62 bits per heavy atom. The zero-order valence-corrected chi connectivity index (χ0v) is 13.5. The second kappa shape index (κ2) is 8.58. The summed E-state index contributed by atoms with van der Waals surface area (Å²) in [4.78, 5) is 24.3. The van der Waals surface area contributed by atoms with E-state index in [9.17, 15) is 14.9 Å². The van der Waals surface area contributed by atoms with Crippen LogP contribution in [0.15, 0.2) is 18.2 Å². The normalized spacial score (nSPS) is 10.2. The fourth-order valence-electron chi connectivity index (χ4n) is 1.76. The van der Waals surface area contributed by atoms with Crippen LogP contribution >= 0.6 is 15.9 Å². The molecule has 1 amide bonds. The molecule has 0 heterocycles. The van der Waals surface area contributed by atoms with Gasteiger partial charge in [0, 0.05) is 43.2 Å². The summed E-state index contributed by atoms with van der Waals surface area (Å²) in [6.07, 6.45) is 0. The van der Waals surface area contributed by atoms with Crippen molar-refractivity contribution in [3.8, 4) is 5.75 Å². The Kier molecular flexibility index (Phi) is 7.10. The first kappa shape index (κ1) is 17.4. The standard InChI is InChI=1S/C13H17BrN2O5/c1-20-8-7-15(6-5-14)13(17)10-3-4-11(16(18)19)12(9-10)21-2/h3-4,9H,5-8H2,1-2H3. The second-order valence-electron chi connectivity index (χ2n) is 4.12. The predicted molar refractivity (Wildman–Crippen MR) is 81.2 cm³/mol. The molecule has 0 radical (unpaired) electrons. The van der Waals surface area contributed by atoms with Gasteiger partial charge in [0.25, 0.3) is 5.91 Å². The van der Waals surface area contributed by atoms with E-state index >= 15 is 0 Å². The lowest BCUT2D eigenvalue weighted by Crippen LogP contribution is -2.35. The molecule has 0 unspecified atom stereocenters. The smallest absolute Gasteiger partial charge is 0.310 e. The van der Waals surface area contributed by atoms with Crippen molar-refractivity contribution in [1.82, 2.24) is 4.90 Å². The Morgan fingerprint density at radius 1 is 1.38 bits per heavy atom. The van der Waals surface area contributed by atoms with E-state index in [-0.39, 0.29) is 17.3 Å². The monoisotopic (exact) mass is 360 g/mol. The fourth-order valence-corrected chi connectivity index (χ4v) is 2.19. The molecular weight excluding hydrogens is 344 g/mol. The summed E-state index contributed by atoms with van der Waals surface area (Å²) in [6.45, 7) is 1.38. The largest absolute Gasteiger partial charge is 0.490 e. The van der Waals surface area contributed by atoms with Crippen LogP contribution in [-0.2, 0) is 4.74 Å². The summed E-state index contributed by atoms with van der Waals surface area (Å²) < 4.78 is 9.95. The van der Waals surface area contributed by atoms with Crippen LogP contribution in [0.1, 0.15) is 10.4 Å². The Balaban J connectivity index is 3.01. The fraction of sp³-hybridized carbons (Fsp3) is 0.462. The molecule has 1 aromatic carbocycles. The number of carbonyl (C=O) groups is 1. The third-order valence-corrected chi connectivity index (χ3v) is 3.18. The number of hydrogen-bond acceptors (Lipinski definition) is 5. The van der Waals surface area contributed by atoms with Gasteiger partial charge in [-0.2, -0.15) is 0 Å². The molecule has 0 bridgehead atoms. The van der Waals surface area contributed by atoms with Crippen LogP contribution in [0, 0.1) is 10.1 Å². The summed E-state index contributed by atoms with van der Waals surface area (Å²) in [5.74, 6) is -0.156. The number of amides is 1. The van der Waals surface area contributed by atoms with E-state index in [1.165, 1.54) is 25.3 Å². The molecule has 0 aliphatic rings. The van der Waals surface area contributed by atoms with E-state index in [4.69, 9.17) is 9.47 Å². The number of nitro benzene ring substituents is 1. The molecule has 1 rings (SSSR count). The van der Waals surface area contributed by atoms with Crippen molar-refractivity contribution in [2.24, 2.45) is 0 Å². The number of carbonyl (C=O) groups excluding carboxylic acids is 1. The summed E-state index contributed by atoms with van der Waals surface area (Å²) in [7, 11) is 2.89. The number of ether oxygens (including phenoxy) is 2. The van der Waals surface area contributed by atoms with E-state index in [1.807, 2.05) is 0 Å². The lowest BCUT2D eigenvalue weighted by atomic mass is 10.1. The molecule has 0 fully saturated rings. The lowest BCUT2D eigenvalue weighted by molar-refractivity contribution is -0.385. The SMILES string of the molecule is COCCN(CCBr)C(=O)c1ccc([N+](=O)[O-])c(OC)c1. The number of rotatable bonds is 8. The second-order valence-corrected chi connectivity index (χ2v) is 4.91. The maximum Gasteiger partial charge on any atom is 0.310 e. The molecule has 7 nitrogen and oxygen atoms in total. The predicted octanol–water partition coefficient (Wildman–Crippen LogP) is 2.09. The maximum absolute atomic E-state index is 12.4. The van der Waals surface area contributed by atoms with Gasteiger partial charge in [-0.1, -0.05) is 15.9 Å². The minimum Gasteiger partial charge on any atom is -0.490 e. The highest BCUT2D eigenvalue weighted by Gasteiger charge is 2.20. The van der Waals surface area contributed by atoms with Gasteiger partial charge in [0.1, 0.15) is 0 Å². The molecule has 0 aliphatic heterocycles. The van der Waals surface area contributed by atoms with E-state index in [2.05, 4.69) is 15.9 Å². The van der Waals surface area contributed by atoms with Crippen molar-refractivity contribution in [3.63, 3.8) is 0 Å². The Labute approximate surface area is 131 Å². The Morgan fingerprint density at radius 2 is 2.10 bits per heavy atom. The van der Waals surface area contributed by atoms with Gasteiger partial charge in [-0.3, -0.25) is 14.9 Å². The summed E-state index contributed by atoms with van der Waals surface area (Å²) in [5, 5.41) is 11.5. The number of halogens is 1. The molecule has 0 saturated carbocycles. The highest BCUT2D eigenvalue weighted by atomic mass is 79.9. The van der Waals surface area contributed by atoms with E-state index in [1.54, 1.807) is 12.0 Å². The van der Waals surface area contributed by atoms with Crippen LogP contribution < -0.4 is 4.74 Å². The van der Waals surface area contributed by atoms with Crippen molar-refractivity contribution in [2.75, 3.05) is 39.2 Å². The average molecular weight is 361 g/mol. The summed E-state index contributed by atoms with van der Waals surface area (Å²) in [6, 6.07) is 4.08. The molecule has 21 heavy (non-hydrogen) atoms. The molecule has 0 aliphatic carbocycles. The van der Waals surface area contributed by atoms with Crippen molar-refractivity contribution in [2.45, 2.75) is 0 Å². The topological polar surface area (TPSA) is 81.9 Å². The highest BCUT2D eigenvalue weighted by molar-refractivity contribution is 9.09. The van der Waals surface area contributed by atoms with Gasteiger partial charge < -0.3 is 14.4 Å². The zero-order valence-electron chi connectivity index (χ0n) is 11.9. The number of nitrogens with zero attached hydrogens (tertiary/aromatic N) is 2. The third kappa shape index (κ3) is 4.68. The van der Waals surface area contributed by atoms with Crippen LogP contribution in [0.5, 0.6) is 5.75 Å². The first-order valence-corrected chi connectivity index (χ1v) is 7.34. The number of alkyl halides is 1. The lowest BCUT2D eigenvalue weighted by Gasteiger charge is -2.21. The van der Waals surface area contributed by atoms with Crippen molar-refractivity contribution >= 4 is 27.5 Å². The average Bonchev–Trinajstić information content (AvgIpc) is 2.49.